The van der Waals surface area contributed by atoms with Crippen molar-refractivity contribution in [3.8, 4) is 34.2 Å². The van der Waals surface area contributed by atoms with Gasteiger partial charge in [0.2, 0.25) is 0 Å². The van der Waals surface area contributed by atoms with Gasteiger partial charge in [-0.15, -0.1) is 0 Å². The first-order valence-corrected chi connectivity index (χ1v) is 17.0. The molecule has 53 heavy (non-hydrogen) atoms. The minimum atomic E-state index is 0. The fourth-order valence-corrected chi connectivity index (χ4v) is 5.89. The third kappa shape index (κ3) is 8.33. The van der Waals surface area contributed by atoms with Crippen molar-refractivity contribution >= 4 is 43.4 Å². The Labute approximate surface area is 320 Å². The van der Waals surface area contributed by atoms with Crippen molar-refractivity contribution in [3.63, 3.8) is 0 Å². The summed E-state index contributed by atoms with van der Waals surface area (Å²) in [6.07, 6.45) is 7.34. The number of hydrogen-bond donors (Lipinski definition) is 0. The van der Waals surface area contributed by atoms with Crippen LogP contribution in [0.25, 0.3) is 77.5 Å². The molecule has 0 fully saturated rings. The van der Waals surface area contributed by atoms with Crippen LogP contribution < -0.4 is 0 Å². The topological polar surface area (TPSA) is 77.3 Å². The average Bonchev–Trinajstić information content (AvgIpc) is 3.24. The zero-order valence-corrected chi connectivity index (χ0v) is 30.3. The second-order valence-corrected chi connectivity index (χ2v) is 12.0. The van der Waals surface area contributed by atoms with E-state index in [-0.39, 0.29) is 19.5 Å². The molecular formula is C46H32N6Ru+2. The van der Waals surface area contributed by atoms with E-state index in [0.717, 1.165) is 66.7 Å². The van der Waals surface area contributed by atoms with Crippen LogP contribution >= 0.6 is 0 Å². The van der Waals surface area contributed by atoms with Gasteiger partial charge in [-0.1, -0.05) is 109 Å². The van der Waals surface area contributed by atoms with E-state index >= 15 is 0 Å². The zero-order valence-electron chi connectivity index (χ0n) is 28.5. The van der Waals surface area contributed by atoms with Gasteiger partial charge in [-0.05, 0) is 71.4 Å². The van der Waals surface area contributed by atoms with Crippen molar-refractivity contribution in [2.45, 2.75) is 0 Å². The Morgan fingerprint density at radius 3 is 1.06 bits per heavy atom. The third-order valence-corrected chi connectivity index (χ3v) is 8.58. The van der Waals surface area contributed by atoms with Gasteiger partial charge < -0.3 is 0 Å². The molecule has 0 aliphatic carbocycles. The number of rotatable bonds is 3. The van der Waals surface area contributed by atoms with Crippen molar-refractivity contribution in [2.75, 3.05) is 0 Å². The molecule has 10 rings (SSSR count). The Morgan fingerprint density at radius 1 is 0.264 bits per heavy atom. The molecule has 0 bridgehead atoms. The molecule has 0 amide bonds. The molecular weight excluding hydrogens is 738 g/mol. The summed E-state index contributed by atoms with van der Waals surface area (Å²) in [7, 11) is 0. The van der Waals surface area contributed by atoms with Gasteiger partial charge in [0, 0.05) is 46.3 Å². The van der Waals surface area contributed by atoms with Gasteiger partial charge in [0.05, 0.1) is 45.2 Å². The van der Waals surface area contributed by atoms with E-state index in [1.54, 1.807) is 12.4 Å². The predicted octanol–water partition coefficient (Wildman–Crippen LogP) is 11.0. The molecule has 4 aromatic carbocycles. The van der Waals surface area contributed by atoms with Gasteiger partial charge in [-0.3, -0.25) is 19.9 Å². The SMILES string of the molecule is [Ru+2].c1ccc(-c2ccccn2)nc1.c1ccc2cc(-c3cc4ccccc4cn3)ncc2c1.c1ccc2nc(-c3ccc4ccccc4n3)ccc2c1. The predicted molar refractivity (Wildman–Crippen MR) is 212 cm³/mol. The summed E-state index contributed by atoms with van der Waals surface area (Å²) < 4.78 is 0. The summed E-state index contributed by atoms with van der Waals surface area (Å²) >= 11 is 0. The number of aromatic nitrogens is 6. The Balaban J connectivity index is 0.000000126. The molecule has 7 heteroatoms. The van der Waals surface area contributed by atoms with Crippen LogP contribution in [0.15, 0.2) is 195 Å². The molecule has 0 spiro atoms. The van der Waals surface area contributed by atoms with Crippen molar-refractivity contribution < 1.29 is 19.5 Å². The molecule has 0 aliphatic rings. The molecule has 0 saturated carbocycles. The molecule has 0 unspecified atom stereocenters. The van der Waals surface area contributed by atoms with Crippen LogP contribution in [0.5, 0.6) is 0 Å². The van der Waals surface area contributed by atoms with Gasteiger partial charge in [0.25, 0.3) is 0 Å². The second-order valence-electron chi connectivity index (χ2n) is 12.0. The normalized spacial score (nSPS) is 10.5. The van der Waals surface area contributed by atoms with Crippen LogP contribution in [0.4, 0.5) is 0 Å². The molecule has 6 aromatic heterocycles. The minimum Gasteiger partial charge on any atom is -0.255 e. The smallest absolute Gasteiger partial charge is 0.255 e. The maximum atomic E-state index is 4.69. The van der Waals surface area contributed by atoms with E-state index in [0.29, 0.717) is 0 Å². The third-order valence-electron chi connectivity index (χ3n) is 8.58. The Morgan fingerprint density at radius 2 is 0.642 bits per heavy atom. The number of fused-ring (bicyclic) bond motifs is 4. The molecule has 0 N–H and O–H groups in total. The van der Waals surface area contributed by atoms with E-state index in [1.165, 1.54) is 10.8 Å². The number of hydrogen-bond acceptors (Lipinski definition) is 6. The fourth-order valence-electron chi connectivity index (χ4n) is 5.89. The summed E-state index contributed by atoms with van der Waals surface area (Å²) in [5.74, 6) is 0. The van der Waals surface area contributed by atoms with Crippen molar-refractivity contribution in [3.05, 3.63) is 195 Å². The van der Waals surface area contributed by atoms with E-state index in [9.17, 15) is 0 Å². The molecule has 252 valence electrons. The molecule has 0 radical (unpaired) electrons. The number of pyridine rings is 6. The number of benzene rings is 4. The van der Waals surface area contributed by atoms with E-state index in [1.807, 2.05) is 122 Å². The van der Waals surface area contributed by atoms with Gasteiger partial charge in [0.15, 0.2) is 0 Å². The van der Waals surface area contributed by atoms with Crippen LogP contribution in [0.3, 0.4) is 0 Å². The Kier molecular flexibility index (Phi) is 10.9. The van der Waals surface area contributed by atoms with Crippen molar-refractivity contribution in [1.29, 1.82) is 0 Å². The van der Waals surface area contributed by atoms with E-state index in [4.69, 9.17) is 0 Å². The van der Waals surface area contributed by atoms with Crippen LogP contribution in [-0.2, 0) is 19.5 Å². The number of nitrogens with zero attached hydrogens (tertiary/aromatic N) is 6. The van der Waals surface area contributed by atoms with Crippen LogP contribution in [0.2, 0.25) is 0 Å². The standard InChI is InChI=1S/2C18H12N2.C10H8N2.Ru/c1-3-7-15-11-19-17(9-13(15)5-1)18-10-14-6-2-4-8-16(14)12-20-18;1-3-7-15-13(5-1)9-11-17(19-15)18-12-10-14-6-2-4-8-16(14)20-18;1-3-7-11-9(5-1)10-6-2-4-8-12-10;/h2*1-12H;1-8H;/q;;;+2. The molecule has 10 aromatic rings. The zero-order chi connectivity index (χ0) is 35.0. The Hall–Kier alpha value is -6.56. The first-order chi connectivity index (χ1) is 25.8. The first-order valence-electron chi connectivity index (χ1n) is 17.0. The van der Waals surface area contributed by atoms with Gasteiger partial charge in [-0.2, -0.15) is 0 Å². The monoisotopic (exact) mass is 770 g/mol. The Bertz CT molecular complexity index is 2410. The first kappa shape index (κ1) is 34.9. The molecule has 0 aliphatic heterocycles. The molecule has 0 saturated heterocycles. The second kappa shape index (κ2) is 16.6. The number of para-hydroxylation sites is 2. The summed E-state index contributed by atoms with van der Waals surface area (Å²) in [6.45, 7) is 0. The summed E-state index contributed by atoms with van der Waals surface area (Å²) in [6, 6.07) is 56.7. The van der Waals surface area contributed by atoms with E-state index < -0.39 is 0 Å². The van der Waals surface area contributed by atoms with Gasteiger partial charge >= 0.3 is 19.5 Å². The van der Waals surface area contributed by atoms with Gasteiger partial charge in [-0.25, -0.2) is 9.97 Å². The molecule has 0 atom stereocenters. The van der Waals surface area contributed by atoms with Crippen molar-refractivity contribution in [2.24, 2.45) is 0 Å². The largest absolute Gasteiger partial charge is 2.00 e. The van der Waals surface area contributed by atoms with Crippen molar-refractivity contribution in [1.82, 2.24) is 29.9 Å². The average molecular weight is 770 g/mol. The summed E-state index contributed by atoms with van der Waals surface area (Å²) in [5.41, 5.74) is 7.48. The molecule has 6 nitrogen and oxygen atoms in total. The van der Waals surface area contributed by atoms with Gasteiger partial charge in [0.1, 0.15) is 0 Å². The summed E-state index contributed by atoms with van der Waals surface area (Å²) in [5, 5.41) is 6.98. The quantitative estimate of drug-likeness (QED) is 0.167. The fraction of sp³-hybridized carbons (Fsp3) is 0. The van der Waals surface area contributed by atoms with E-state index in [2.05, 4.69) is 90.6 Å². The maximum Gasteiger partial charge on any atom is 2.00 e. The molecule has 6 heterocycles. The summed E-state index contributed by atoms with van der Waals surface area (Å²) in [4.78, 5) is 26.8. The van der Waals surface area contributed by atoms with Crippen LogP contribution in [0.1, 0.15) is 0 Å². The van der Waals surface area contributed by atoms with Crippen LogP contribution in [0, 0.1) is 0 Å². The maximum absolute atomic E-state index is 4.69. The van der Waals surface area contributed by atoms with Crippen LogP contribution in [-0.4, -0.2) is 29.9 Å². The minimum absolute atomic E-state index is 0.